The van der Waals surface area contributed by atoms with Crippen LogP contribution in [0.15, 0.2) is 24.3 Å². The number of nitrogens with one attached hydrogen (secondary N) is 1. The molecule has 1 aromatic rings. The first kappa shape index (κ1) is 13.5. The van der Waals surface area contributed by atoms with Crippen molar-refractivity contribution >= 4 is 5.91 Å². The van der Waals surface area contributed by atoms with E-state index in [1.807, 2.05) is 31.2 Å². The molecule has 0 saturated heterocycles. The molecule has 0 aliphatic rings. The number of hydrogen-bond donors (Lipinski definition) is 2. The Labute approximate surface area is 102 Å². The summed E-state index contributed by atoms with van der Waals surface area (Å²) in [5, 5.41) is 2.78. The quantitative estimate of drug-likeness (QED) is 0.700. The van der Waals surface area contributed by atoms with E-state index in [4.69, 9.17) is 10.5 Å². The number of amides is 1. The van der Waals surface area contributed by atoms with Gasteiger partial charge >= 0.3 is 0 Å². The largest absolute Gasteiger partial charge is 0.492 e. The molecule has 0 saturated carbocycles. The number of carbonyl (C=O) groups is 1. The normalized spacial score (nSPS) is 10.0. The maximum atomic E-state index is 11.2. The molecule has 0 fully saturated rings. The predicted octanol–water partition coefficient (Wildman–Crippen LogP) is 1.23. The van der Waals surface area contributed by atoms with Gasteiger partial charge in [-0.2, -0.15) is 0 Å². The number of nitrogens with two attached hydrogens (primary N) is 1. The lowest BCUT2D eigenvalue weighted by Crippen LogP contribution is -2.28. The molecule has 0 spiro atoms. The van der Waals surface area contributed by atoms with Gasteiger partial charge in [0, 0.05) is 6.42 Å². The first-order valence-electron chi connectivity index (χ1n) is 5.88. The van der Waals surface area contributed by atoms with Crippen molar-refractivity contribution in [1.82, 2.24) is 5.32 Å². The SMILES string of the molecule is Cc1ccc(OCCNC(=O)CCCN)cc1. The average Bonchev–Trinajstić information content (AvgIpc) is 2.34. The third kappa shape index (κ3) is 5.92. The van der Waals surface area contributed by atoms with Crippen molar-refractivity contribution in [1.29, 1.82) is 0 Å². The molecule has 17 heavy (non-hydrogen) atoms. The van der Waals surface area contributed by atoms with Crippen molar-refractivity contribution in [2.75, 3.05) is 19.7 Å². The van der Waals surface area contributed by atoms with Crippen LogP contribution in [0.4, 0.5) is 0 Å². The first-order chi connectivity index (χ1) is 8.22. The highest BCUT2D eigenvalue weighted by atomic mass is 16.5. The number of hydrogen-bond acceptors (Lipinski definition) is 3. The van der Waals surface area contributed by atoms with Crippen molar-refractivity contribution in [3.8, 4) is 5.75 Å². The molecule has 0 unspecified atom stereocenters. The summed E-state index contributed by atoms with van der Waals surface area (Å²) in [6.45, 7) is 3.59. The lowest BCUT2D eigenvalue weighted by atomic mass is 10.2. The van der Waals surface area contributed by atoms with Gasteiger partial charge in [0.1, 0.15) is 12.4 Å². The standard InChI is InChI=1S/C13H20N2O2/c1-11-4-6-12(7-5-11)17-10-9-15-13(16)3-2-8-14/h4-7H,2-3,8-10,14H2,1H3,(H,15,16). The van der Waals surface area contributed by atoms with E-state index in [-0.39, 0.29) is 5.91 Å². The molecule has 0 aliphatic carbocycles. The first-order valence-corrected chi connectivity index (χ1v) is 5.88. The molecule has 3 N–H and O–H groups in total. The van der Waals surface area contributed by atoms with Gasteiger partial charge in [-0.1, -0.05) is 17.7 Å². The second-order valence-electron chi connectivity index (χ2n) is 3.90. The number of ether oxygens (including phenoxy) is 1. The van der Waals surface area contributed by atoms with Crippen molar-refractivity contribution in [2.24, 2.45) is 5.73 Å². The van der Waals surface area contributed by atoms with Gasteiger partial charge in [-0.3, -0.25) is 4.79 Å². The molecule has 94 valence electrons. The second kappa shape index (κ2) is 7.68. The maximum absolute atomic E-state index is 11.2. The van der Waals surface area contributed by atoms with E-state index in [1.165, 1.54) is 5.56 Å². The van der Waals surface area contributed by atoms with Crippen molar-refractivity contribution in [3.63, 3.8) is 0 Å². The van der Waals surface area contributed by atoms with E-state index in [9.17, 15) is 4.79 Å². The maximum Gasteiger partial charge on any atom is 0.220 e. The summed E-state index contributed by atoms with van der Waals surface area (Å²) in [4.78, 5) is 11.2. The fraction of sp³-hybridized carbons (Fsp3) is 0.462. The van der Waals surface area contributed by atoms with E-state index >= 15 is 0 Å². The molecule has 4 heteroatoms. The van der Waals surface area contributed by atoms with Crippen LogP contribution in [0.3, 0.4) is 0 Å². The van der Waals surface area contributed by atoms with Crippen molar-refractivity contribution < 1.29 is 9.53 Å². The van der Waals surface area contributed by atoms with Crippen LogP contribution in [0, 0.1) is 6.92 Å². The molecule has 0 heterocycles. The Hall–Kier alpha value is -1.55. The third-order valence-corrected chi connectivity index (χ3v) is 2.32. The Bertz CT molecular complexity index is 336. The summed E-state index contributed by atoms with van der Waals surface area (Å²) >= 11 is 0. The zero-order valence-corrected chi connectivity index (χ0v) is 10.2. The zero-order valence-electron chi connectivity index (χ0n) is 10.2. The molecule has 4 nitrogen and oxygen atoms in total. The predicted molar refractivity (Wildman–Crippen MR) is 68.0 cm³/mol. The van der Waals surface area contributed by atoms with Gasteiger partial charge in [0.2, 0.25) is 5.91 Å². The lowest BCUT2D eigenvalue weighted by Gasteiger charge is -2.07. The van der Waals surface area contributed by atoms with Gasteiger partial charge in [0.15, 0.2) is 0 Å². The molecular weight excluding hydrogens is 216 g/mol. The Morgan fingerprint density at radius 1 is 1.35 bits per heavy atom. The molecule has 0 atom stereocenters. The van der Waals surface area contributed by atoms with Gasteiger partial charge in [-0.15, -0.1) is 0 Å². The highest BCUT2D eigenvalue weighted by Crippen LogP contribution is 2.10. The van der Waals surface area contributed by atoms with E-state index in [1.54, 1.807) is 0 Å². The Balaban J connectivity index is 2.11. The summed E-state index contributed by atoms with van der Waals surface area (Å²) in [5.41, 5.74) is 6.52. The van der Waals surface area contributed by atoms with Crippen LogP contribution < -0.4 is 15.8 Å². The number of aryl methyl sites for hydroxylation is 1. The van der Waals surface area contributed by atoms with Gasteiger partial charge in [-0.05, 0) is 32.0 Å². The number of carbonyl (C=O) groups excluding carboxylic acids is 1. The Morgan fingerprint density at radius 3 is 2.71 bits per heavy atom. The Morgan fingerprint density at radius 2 is 2.06 bits per heavy atom. The summed E-state index contributed by atoms with van der Waals surface area (Å²) in [7, 11) is 0. The van der Waals surface area contributed by atoms with Gasteiger partial charge < -0.3 is 15.8 Å². The van der Waals surface area contributed by atoms with Gasteiger partial charge in [0.25, 0.3) is 0 Å². The van der Waals surface area contributed by atoms with Crippen molar-refractivity contribution in [3.05, 3.63) is 29.8 Å². The molecule has 1 rings (SSSR count). The number of rotatable bonds is 7. The van der Waals surface area contributed by atoms with E-state index in [0.717, 1.165) is 12.2 Å². The average molecular weight is 236 g/mol. The minimum absolute atomic E-state index is 0.0305. The van der Waals surface area contributed by atoms with Crippen LogP contribution in [0.2, 0.25) is 0 Å². The minimum Gasteiger partial charge on any atom is -0.492 e. The molecule has 1 aromatic carbocycles. The zero-order chi connectivity index (χ0) is 12.5. The topological polar surface area (TPSA) is 64.3 Å². The number of benzene rings is 1. The summed E-state index contributed by atoms with van der Waals surface area (Å²) in [5.74, 6) is 0.856. The third-order valence-electron chi connectivity index (χ3n) is 2.32. The lowest BCUT2D eigenvalue weighted by molar-refractivity contribution is -0.121. The highest BCUT2D eigenvalue weighted by Gasteiger charge is 1.99. The summed E-state index contributed by atoms with van der Waals surface area (Å²) < 4.78 is 5.48. The molecular formula is C13H20N2O2. The smallest absolute Gasteiger partial charge is 0.220 e. The summed E-state index contributed by atoms with van der Waals surface area (Å²) in [6, 6.07) is 7.83. The van der Waals surface area contributed by atoms with Crippen LogP contribution in [0.5, 0.6) is 5.75 Å². The van der Waals surface area contributed by atoms with Gasteiger partial charge in [0.05, 0.1) is 6.54 Å². The fourth-order valence-electron chi connectivity index (χ4n) is 1.34. The second-order valence-corrected chi connectivity index (χ2v) is 3.90. The van der Waals surface area contributed by atoms with Crippen LogP contribution in [0.1, 0.15) is 18.4 Å². The molecule has 0 radical (unpaired) electrons. The highest BCUT2D eigenvalue weighted by molar-refractivity contribution is 5.75. The van der Waals surface area contributed by atoms with Crippen LogP contribution in [-0.4, -0.2) is 25.6 Å². The van der Waals surface area contributed by atoms with Crippen molar-refractivity contribution in [2.45, 2.75) is 19.8 Å². The van der Waals surface area contributed by atoms with Gasteiger partial charge in [-0.25, -0.2) is 0 Å². The van der Waals surface area contributed by atoms with Crippen LogP contribution in [-0.2, 0) is 4.79 Å². The van der Waals surface area contributed by atoms with Crippen LogP contribution in [0.25, 0.3) is 0 Å². The molecule has 1 amide bonds. The van der Waals surface area contributed by atoms with E-state index < -0.39 is 0 Å². The van der Waals surface area contributed by atoms with E-state index in [2.05, 4.69) is 5.32 Å². The van der Waals surface area contributed by atoms with E-state index in [0.29, 0.717) is 26.1 Å². The minimum atomic E-state index is 0.0305. The summed E-state index contributed by atoms with van der Waals surface area (Å²) in [6.07, 6.45) is 1.21. The monoisotopic (exact) mass is 236 g/mol. The van der Waals surface area contributed by atoms with Crippen LogP contribution >= 0.6 is 0 Å². The molecule has 0 aromatic heterocycles. The Kier molecular flexibility index (Phi) is 6.10. The fourth-order valence-corrected chi connectivity index (χ4v) is 1.34. The molecule has 0 bridgehead atoms. The molecule has 0 aliphatic heterocycles.